The van der Waals surface area contributed by atoms with Gasteiger partial charge >= 0.3 is 6.03 Å². The van der Waals surface area contributed by atoms with Crippen LogP contribution in [0.25, 0.3) is 0 Å². The highest BCUT2D eigenvalue weighted by Gasteiger charge is 2.27. The van der Waals surface area contributed by atoms with Gasteiger partial charge in [0.05, 0.1) is 18.4 Å². The monoisotopic (exact) mass is 448 g/mol. The predicted molar refractivity (Wildman–Crippen MR) is 123 cm³/mol. The Morgan fingerprint density at radius 2 is 1.74 bits per heavy atom. The van der Waals surface area contributed by atoms with Crippen LogP contribution >= 0.6 is 23.2 Å². The van der Waals surface area contributed by atoms with Gasteiger partial charge in [0, 0.05) is 33.7 Å². The first-order valence-electron chi connectivity index (χ1n) is 9.78. The molecule has 1 aliphatic heterocycles. The molecule has 2 atom stereocenters. The van der Waals surface area contributed by atoms with Crippen LogP contribution < -0.4 is 10.6 Å². The van der Waals surface area contributed by atoms with Gasteiger partial charge in [-0.15, -0.1) is 0 Å². The lowest BCUT2D eigenvalue weighted by molar-refractivity contribution is 0.249. The minimum absolute atomic E-state index is 0.0947. The van der Waals surface area contributed by atoms with E-state index in [1.165, 1.54) is 0 Å². The van der Waals surface area contributed by atoms with Gasteiger partial charge in [-0.2, -0.15) is 0 Å². The first-order valence-corrected chi connectivity index (χ1v) is 10.5. The first-order chi connectivity index (χ1) is 15.1. The van der Waals surface area contributed by atoms with Gasteiger partial charge in [0.1, 0.15) is 0 Å². The lowest BCUT2D eigenvalue weighted by Crippen LogP contribution is -2.38. The van der Waals surface area contributed by atoms with Crippen molar-refractivity contribution in [2.45, 2.75) is 12.1 Å². The minimum Gasteiger partial charge on any atom is -0.327 e. The number of carbonyl (C=O) groups excluding carboxylic acids is 1. The van der Waals surface area contributed by atoms with Crippen LogP contribution in [0.3, 0.4) is 0 Å². The fourth-order valence-electron chi connectivity index (χ4n) is 4.02. The van der Waals surface area contributed by atoms with Crippen LogP contribution in [0.4, 0.5) is 10.5 Å². The number of carbonyl (C=O) groups is 1. The zero-order chi connectivity index (χ0) is 21.4. The van der Waals surface area contributed by atoms with Gasteiger partial charge in [-0.25, -0.2) is 9.78 Å². The summed E-state index contributed by atoms with van der Waals surface area (Å²) >= 11 is 12.3. The Morgan fingerprint density at radius 1 is 0.935 bits per heavy atom. The number of nitrogens with one attached hydrogen (secondary N) is 2. The molecule has 4 aromatic rings. The van der Waals surface area contributed by atoms with E-state index in [2.05, 4.69) is 21.7 Å². The highest BCUT2D eigenvalue weighted by molar-refractivity contribution is 6.30. The maximum Gasteiger partial charge on any atom is 0.320 e. The Hall–Kier alpha value is -3.28. The summed E-state index contributed by atoms with van der Waals surface area (Å²) in [6.45, 7) is 0. The summed E-state index contributed by atoms with van der Waals surface area (Å²) < 4.78 is 2.05. The van der Waals surface area contributed by atoms with Crippen LogP contribution in [-0.2, 0) is 0 Å². The summed E-state index contributed by atoms with van der Waals surface area (Å²) in [5, 5.41) is 7.23. The average molecular weight is 449 g/mol. The van der Waals surface area contributed by atoms with E-state index in [1.807, 2.05) is 71.4 Å². The Labute approximate surface area is 189 Å². The van der Waals surface area contributed by atoms with Crippen molar-refractivity contribution in [2.24, 2.45) is 0 Å². The van der Waals surface area contributed by atoms with E-state index in [0.717, 1.165) is 27.9 Å². The smallest absolute Gasteiger partial charge is 0.320 e. The highest BCUT2D eigenvalue weighted by Crippen LogP contribution is 2.37. The molecule has 7 heteroatoms. The lowest BCUT2D eigenvalue weighted by Gasteiger charge is -2.29. The summed E-state index contributed by atoms with van der Waals surface area (Å²) in [6, 6.07) is 20.8. The van der Waals surface area contributed by atoms with Crippen molar-refractivity contribution >= 4 is 34.9 Å². The van der Waals surface area contributed by atoms with E-state index < -0.39 is 0 Å². The fraction of sp³-hybridized carbons (Fsp3) is 0.0833. The molecule has 0 fully saturated rings. The Kier molecular flexibility index (Phi) is 5.14. The SMILES string of the molecule is O=C1Nc2ccc(C(c3ccc(Cl)cc3)n3ccnc3)cc2C(c2cccc(Cl)c2)N1. The standard InChI is InChI=1S/C24H18Cl2N4O/c25-18-7-4-15(5-8-18)23(30-11-10-27-14-30)17-6-9-21-20(13-17)22(29-24(31)28-21)16-2-1-3-19(26)12-16/h1-14,22-23H,(H2,28,29,31). The average Bonchev–Trinajstić information content (AvgIpc) is 3.29. The Bertz CT molecular complexity index is 1240. The van der Waals surface area contributed by atoms with Gasteiger partial charge in [-0.05, 0) is 53.1 Å². The van der Waals surface area contributed by atoms with Crippen molar-refractivity contribution in [3.05, 3.63) is 118 Å². The molecule has 1 aromatic heterocycles. The van der Waals surface area contributed by atoms with E-state index in [1.54, 1.807) is 12.5 Å². The van der Waals surface area contributed by atoms with E-state index >= 15 is 0 Å². The van der Waals surface area contributed by atoms with Crippen molar-refractivity contribution in [1.29, 1.82) is 0 Å². The summed E-state index contributed by atoms with van der Waals surface area (Å²) in [4.78, 5) is 16.5. The second kappa shape index (κ2) is 8.10. The van der Waals surface area contributed by atoms with Gasteiger partial charge < -0.3 is 15.2 Å². The molecule has 154 valence electrons. The maximum absolute atomic E-state index is 12.3. The van der Waals surface area contributed by atoms with Gasteiger partial charge in [0.15, 0.2) is 0 Å². The molecule has 2 unspecified atom stereocenters. The van der Waals surface area contributed by atoms with Crippen LogP contribution in [0.1, 0.15) is 34.3 Å². The second-order valence-electron chi connectivity index (χ2n) is 7.40. The maximum atomic E-state index is 12.3. The van der Waals surface area contributed by atoms with E-state index in [4.69, 9.17) is 23.2 Å². The zero-order valence-corrected chi connectivity index (χ0v) is 17.8. The number of rotatable bonds is 4. The molecule has 0 saturated carbocycles. The summed E-state index contributed by atoms with van der Waals surface area (Å²) in [7, 11) is 0. The zero-order valence-electron chi connectivity index (χ0n) is 16.3. The van der Waals surface area contributed by atoms with Crippen molar-refractivity contribution in [2.75, 3.05) is 5.32 Å². The third-order valence-corrected chi connectivity index (χ3v) is 5.90. The van der Waals surface area contributed by atoms with Gasteiger partial charge in [0.2, 0.25) is 0 Å². The van der Waals surface area contributed by atoms with E-state index in [0.29, 0.717) is 10.0 Å². The number of benzene rings is 3. The number of halogens is 2. The normalized spacial score (nSPS) is 16.2. The van der Waals surface area contributed by atoms with Crippen LogP contribution in [0, 0.1) is 0 Å². The summed E-state index contributed by atoms with van der Waals surface area (Å²) in [5.41, 5.74) is 4.81. The molecule has 0 aliphatic carbocycles. The number of hydrogen-bond donors (Lipinski definition) is 2. The fourth-order valence-corrected chi connectivity index (χ4v) is 4.35. The quantitative estimate of drug-likeness (QED) is 0.398. The second-order valence-corrected chi connectivity index (χ2v) is 8.27. The molecule has 2 amide bonds. The molecule has 2 N–H and O–H groups in total. The molecule has 3 aromatic carbocycles. The highest BCUT2D eigenvalue weighted by atomic mass is 35.5. The van der Waals surface area contributed by atoms with Crippen molar-refractivity contribution in [3.8, 4) is 0 Å². The number of anilines is 1. The van der Waals surface area contributed by atoms with Crippen LogP contribution in [0.5, 0.6) is 0 Å². The van der Waals surface area contributed by atoms with Gasteiger partial charge in [0.25, 0.3) is 0 Å². The molecule has 0 bridgehead atoms. The molecule has 5 nitrogen and oxygen atoms in total. The van der Waals surface area contributed by atoms with Gasteiger partial charge in [-0.3, -0.25) is 0 Å². The van der Waals surface area contributed by atoms with Crippen LogP contribution in [0.15, 0.2) is 85.5 Å². The molecular weight excluding hydrogens is 431 g/mol. The molecule has 31 heavy (non-hydrogen) atoms. The van der Waals surface area contributed by atoms with Crippen molar-refractivity contribution in [1.82, 2.24) is 14.9 Å². The molecule has 5 rings (SSSR count). The summed E-state index contributed by atoms with van der Waals surface area (Å²) in [6.07, 6.45) is 5.50. The van der Waals surface area contributed by atoms with Crippen molar-refractivity contribution in [3.63, 3.8) is 0 Å². The third-order valence-electron chi connectivity index (χ3n) is 5.42. The molecule has 0 saturated heterocycles. The van der Waals surface area contributed by atoms with E-state index in [-0.39, 0.29) is 18.1 Å². The van der Waals surface area contributed by atoms with Gasteiger partial charge in [-0.1, -0.05) is 53.5 Å². The molecular formula is C24H18Cl2N4O. The third kappa shape index (κ3) is 3.90. The topological polar surface area (TPSA) is 59.0 Å². The van der Waals surface area contributed by atoms with Crippen LogP contribution in [0.2, 0.25) is 10.0 Å². The minimum atomic E-state index is -0.309. The largest absolute Gasteiger partial charge is 0.327 e. The Morgan fingerprint density at radius 3 is 2.48 bits per heavy atom. The number of amides is 2. The molecule has 0 radical (unpaired) electrons. The molecule has 2 heterocycles. The lowest BCUT2D eigenvalue weighted by atomic mass is 9.90. The summed E-state index contributed by atoms with van der Waals surface area (Å²) in [5.74, 6) is 0. The van der Waals surface area contributed by atoms with E-state index in [9.17, 15) is 4.79 Å². The molecule has 1 aliphatic rings. The number of nitrogens with zero attached hydrogens (tertiary/aromatic N) is 2. The first kappa shape index (κ1) is 19.7. The van der Waals surface area contributed by atoms with Crippen LogP contribution in [-0.4, -0.2) is 15.6 Å². The number of aromatic nitrogens is 2. The number of urea groups is 1. The Balaban J connectivity index is 1.64. The number of imidazole rings is 1. The number of hydrogen-bond acceptors (Lipinski definition) is 2. The predicted octanol–water partition coefficient (Wildman–Crippen LogP) is 6.05. The number of fused-ring (bicyclic) bond motifs is 1. The molecule has 0 spiro atoms. The van der Waals surface area contributed by atoms with Crippen molar-refractivity contribution < 1.29 is 4.79 Å².